The molecule has 0 unspecified atom stereocenters. The molecule has 0 aliphatic carbocycles. The molecule has 1 aliphatic rings. The summed E-state index contributed by atoms with van der Waals surface area (Å²) in [6, 6.07) is 26.5. The number of nitrogens with one attached hydrogen (secondary N) is 1. The van der Waals surface area contributed by atoms with Gasteiger partial charge in [0.15, 0.2) is 0 Å². The normalized spacial score (nSPS) is 15.3. The molecule has 31 heavy (non-hydrogen) atoms. The van der Waals surface area contributed by atoms with Crippen LogP contribution in [0.25, 0.3) is 11.0 Å². The molecule has 4 aromatic rings. The Kier molecular flexibility index (Phi) is 4.96. The van der Waals surface area contributed by atoms with Crippen molar-refractivity contribution >= 4 is 34.5 Å². The van der Waals surface area contributed by atoms with Gasteiger partial charge in [-0.3, -0.25) is 19.1 Å². The average molecular weight is 410 g/mol. The summed E-state index contributed by atoms with van der Waals surface area (Å²) in [6.45, 7) is 0.517. The van der Waals surface area contributed by atoms with Gasteiger partial charge >= 0.3 is 0 Å². The number of nitrogens with zero attached hydrogens (tertiary/aromatic N) is 3. The predicted octanol–water partition coefficient (Wildman–Crippen LogP) is 4.20. The zero-order valence-electron chi connectivity index (χ0n) is 16.9. The third-order valence-electron chi connectivity index (χ3n) is 5.58. The quantitative estimate of drug-likeness (QED) is 0.518. The van der Waals surface area contributed by atoms with Gasteiger partial charge < -0.3 is 5.32 Å². The summed E-state index contributed by atoms with van der Waals surface area (Å²) in [5, 5.41) is 2.89. The zero-order chi connectivity index (χ0) is 21.2. The van der Waals surface area contributed by atoms with Gasteiger partial charge in [-0.2, -0.15) is 0 Å². The Morgan fingerprint density at radius 1 is 0.903 bits per heavy atom. The molecule has 1 N–H and O–H groups in total. The summed E-state index contributed by atoms with van der Waals surface area (Å²) in [6.07, 6.45) is 0.779. The van der Waals surface area contributed by atoms with Crippen molar-refractivity contribution < 1.29 is 9.59 Å². The smallest absolute Gasteiger partial charge is 0.253 e. The molecule has 0 saturated carbocycles. The summed E-state index contributed by atoms with van der Waals surface area (Å²) in [7, 11) is 0. The number of rotatable bonds is 6. The van der Waals surface area contributed by atoms with Crippen LogP contribution in [0.3, 0.4) is 0 Å². The van der Waals surface area contributed by atoms with Crippen LogP contribution in [0.2, 0.25) is 0 Å². The first kappa shape index (κ1) is 19.1. The number of carbonyl (C=O) groups is 2. The molecule has 0 radical (unpaired) electrons. The van der Waals surface area contributed by atoms with Crippen LogP contribution in [0.15, 0.2) is 84.9 Å². The van der Waals surface area contributed by atoms with Crippen LogP contribution in [-0.2, 0) is 16.0 Å². The molecule has 1 aliphatic heterocycles. The molecule has 0 saturated heterocycles. The molecule has 2 amide bonds. The van der Waals surface area contributed by atoms with Crippen molar-refractivity contribution in [3.05, 3.63) is 90.5 Å². The summed E-state index contributed by atoms with van der Waals surface area (Å²) in [5.41, 5.74) is 3.56. The Labute approximate surface area is 180 Å². The van der Waals surface area contributed by atoms with Gasteiger partial charge in [-0.25, -0.2) is 4.98 Å². The lowest BCUT2D eigenvalue weighted by Gasteiger charge is -2.16. The monoisotopic (exact) mass is 410 g/mol. The number of benzene rings is 3. The van der Waals surface area contributed by atoms with Gasteiger partial charge in [-0.1, -0.05) is 60.7 Å². The molecule has 0 spiro atoms. The van der Waals surface area contributed by atoms with Gasteiger partial charge in [-0.15, -0.1) is 0 Å². The Morgan fingerprint density at radius 2 is 1.58 bits per heavy atom. The molecule has 1 atom stereocenters. The highest BCUT2D eigenvalue weighted by Gasteiger charge is 2.40. The van der Waals surface area contributed by atoms with E-state index in [1.807, 2.05) is 89.5 Å². The minimum atomic E-state index is -0.609. The number of para-hydroxylation sites is 3. The first-order valence-electron chi connectivity index (χ1n) is 10.4. The van der Waals surface area contributed by atoms with Crippen LogP contribution in [0, 0.1) is 0 Å². The molecule has 2 heterocycles. The Balaban J connectivity index is 1.43. The molecule has 6 nitrogen and oxygen atoms in total. The van der Waals surface area contributed by atoms with Crippen molar-refractivity contribution in [2.75, 3.05) is 16.8 Å². The summed E-state index contributed by atoms with van der Waals surface area (Å²) in [4.78, 5) is 32.5. The van der Waals surface area contributed by atoms with E-state index in [2.05, 4.69) is 5.32 Å². The maximum Gasteiger partial charge on any atom is 0.253 e. The molecule has 6 heteroatoms. The Bertz CT molecular complexity index is 1230. The Hall–Kier alpha value is -3.93. The van der Waals surface area contributed by atoms with E-state index in [4.69, 9.17) is 4.98 Å². The minimum Gasteiger partial charge on any atom is -0.326 e. The van der Waals surface area contributed by atoms with Crippen molar-refractivity contribution in [1.82, 2.24) is 9.55 Å². The molecule has 0 bridgehead atoms. The first-order chi connectivity index (χ1) is 15.2. The number of aromatic nitrogens is 2. The molecular weight excluding hydrogens is 388 g/mol. The second-order valence-corrected chi connectivity index (χ2v) is 7.63. The fourth-order valence-electron chi connectivity index (χ4n) is 4.10. The topological polar surface area (TPSA) is 67.2 Å². The molecular formula is C25H22N4O2. The van der Waals surface area contributed by atoms with Gasteiger partial charge in [0.05, 0.1) is 17.5 Å². The SMILES string of the molecule is O=C(C[C@H]1C(=O)N(CCc2ccccc2)c2nc3ccccc3n21)Nc1ccccc1. The van der Waals surface area contributed by atoms with E-state index < -0.39 is 6.04 Å². The van der Waals surface area contributed by atoms with Gasteiger partial charge in [0, 0.05) is 12.2 Å². The van der Waals surface area contributed by atoms with Crippen molar-refractivity contribution in [2.45, 2.75) is 18.9 Å². The first-order valence-corrected chi connectivity index (χ1v) is 10.4. The van der Waals surface area contributed by atoms with Gasteiger partial charge in [-0.05, 0) is 36.2 Å². The van der Waals surface area contributed by atoms with Crippen LogP contribution in [-0.4, -0.2) is 27.9 Å². The minimum absolute atomic E-state index is 0.0585. The van der Waals surface area contributed by atoms with E-state index >= 15 is 0 Å². The van der Waals surface area contributed by atoms with E-state index in [9.17, 15) is 9.59 Å². The fourth-order valence-corrected chi connectivity index (χ4v) is 4.10. The van der Waals surface area contributed by atoms with Crippen LogP contribution < -0.4 is 10.2 Å². The number of imidazole rings is 1. The Morgan fingerprint density at radius 3 is 2.35 bits per heavy atom. The highest BCUT2D eigenvalue weighted by Crippen LogP contribution is 2.36. The van der Waals surface area contributed by atoms with E-state index in [0.29, 0.717) is 12.5 Å². The molecule has 1 aromatic heterocycles. The summed E-state index contributed by atoms with van der Waals surface area (Å²) < 4.78 is 1.91. The number of anilines is 2. The number of hydrogen-bond acceptors (Lipinski definition) is 3. The lowest BCUT2D eigenvalue weighted by Crippen LogP contribution is -2.33. The molecule has 5 rings (SSSR count). The van der Waals surface area contributed by atoms with Crippen LogP contribution in [0.1, 0.15) is 18.0 Å². The van der Waals surface area contributed by atoms with E-state index in [-0.39, 0.29) is 18.2 Å². The van der Waals surface area contributed by atoms with E-state index in [1.165, 1.54) is 0 Å². The van der Waals surface area contributed by atoms with Crippen molar-refractivity contribution in [1.29, 1.82) is 0 Å². The van der Waals surface area contributed by atoms with Gasteiger partial charge in [0.1, 0.15) is 6.04 Å². The predicted molar refractivity (Wildman–Crippen MR) is 121 cm³/mol. The second-order valence-electron chi connectivity index (χ2n) is 7.63. The number of carbonyl (C=O) groups excluding carboxylic acids is 2. The maximum absolute atomic E-state index is 13.4. The lowest BCUT2D eigenvalue weighted by atomic mass is 10.1. The van der Waals surface area contributed by atoms with Gasteiger partial charge in [0.25, 0.3) is 5.91 Å². The van der Waals surface area contributed by atoms with Crippen LogP contribution in [0.5, 0.6) is 0 Å². The van der Waals surface area contributed by atoms with Crippen molar-refractivity contribution in [2.24, 2.45) is 0 Å². The fraction of sp³-hybridized carbons (Fsp3) is 0.160. The maximum atomic E-state index is 13.4. The number of hydrogen-bond donors (Lipinski definition) is 1. The number of fused-ring (bicyclic) bond motifs is 3. The highest BCUT2D eigenvalue weighted by molar-refractivity contribution is 6.05. The largest absolute Gasteiger partial charge is 0.326 e. The van der Waals surface area contributed by atoms with Gasteiger partial charge in [0.2, 0.25) is 11.9 Å². The molecule has 154 valence electrons. The van der Waals surface area contributed by atoms with Crippen LogP contribution >= 0.6 is 0 Å². The zero-order valence-corrected chi connectivity index (χ0v) is 16.9. The standard InChI is InChI=1S/C25H22N4O2/c30-23(26-19-11-5-2-6-12-19)17-22-24(31)28(16-15-18-9-3-1-4-10-18)25-27-20-13-7-8-14-21(20)29(22)25/h1-14,22H,15-17H2,(H,26,30)/t22-/m0/s1. The highest BCUT2D eigenvalue weighted by atomic mass is 16.2. The summed E-state index contributed by atoms with van der Waals surface area (Å²) in [5.74, 6) is 0.324. The number of amides is 2. The van der Waals surface area contributed by atoms with Crippen LogP contribution in [0.4, 0.5) is 11.6 Å². The molecule has 0 fully saturated rings. The third kappa shape index (κ3) is 3.68. The average Bonchev–Trinajstić information content (AvgIpc) is 3.28. The van der Waals surface area contributed by atoms with E-state index in [1.54, 1.807) is 4.90 Å². The van der Waals surface area contributed by atoms with E-state index in [0.717, 1.165) is 28.7 Å². The summed E-state index contributed by atoms with van der Waals surface area (Å²) >= 11 is 0. The van der Waals surface area contributed by atoms with Crippen molar-refractivity contribution in [3.8, 4) is 0 Å². The second kappa shape index (κ2) is 8.07. The van der Waals surface area contributed by atoms with Crippen molar-refractivity contribution in [3.63, 3.8) is 0 Å². The molecule has 3 aromatic carbocycles. The lowest BCUT2D eigenvalue weighted by molar-refractivity contribution is -0.124. The third-order valence-corrected chi connectivity index (χ3v) is 5.58.